The van der Waals surface area contributed by atoms with Gasteiger partial charge in [0, 0.05) is 0 Å². The number of carbonyl (C=O) groups is 2. The number of carboxylic acids is 1. The van der Waals surface area contributed by atoms with Crippen molar-refractivity contribution >= 4 is 33.6 Å². The molecule has 1 aromatic carbocycles. The highest BCUT2D eigenvalue weighted by molar-refractivity contribution is 9.10. The molecule has 1 heterocycles. The van der Waals surface area contributed by atoms with Crippen molar-refractivity contribution in [2.75, 3.05) is 5.32 Å². The summed E-state index contributed by atoms with van der Waals surface area (Å²) in [5.41, 5.74) is 0.562. The molecule has 0 aliphatic carbocycles. The largest absolute Gasteiger partial charge is 0.478 e. The number of nitrogens with one attached hydrogen (secondary N) is 1. The molecular weight excluding hydrogens is 326 g/mol. The van der Waals surface area contributed by atoms with Crippen LogP contribution < -0.4 is 5.32 Å². The Balaban J connectivity index is 2.08. The van der Waals surface area contributed by atoms with Crippen LogP contribution in [-0.4, -0.2) is 27.0 Å². The van der Waals surface area contributed by atoms with Crippen molar-refractivity contribution < 1.29 is 14.7 Å². The van der Waals surface area contributed by atoms with E-state index in [4.69, 9.17) is 5.11 Å². The summed E-state index contributed by atoms with van der Waals surface area (Å²) in [6.07, 6.45) is 2.83. The van der Waals surface area contributed by atoms with Gasteiger partial charge in [-0.15, -0.1) is 0 Å². The number of anilines is 1. The lowest BCUT2D eigenvalue weighted by atomic mass is 10.0. The standard InChI is InChI=1S/C13H10BrN3O3/c14-10-6-16-11(7-15-10)17-12(18)5-8-3-1-2-4-9(8)13(19)20/h1-4,6-7H,5H2,(H,19,20)(H,16,17,18). The second kappa shape index (κ2) is 6.25. The summed E-state index contributed by atoms with van der Waals surface area (Å²) >= 11 is 3.14. The average Bonchev–Trinajstić information content (AvgIpc) is 2.41. The molecule has 102 valence electrons. The van der Waals surface area contributed by atoms with Gasteiger partial charge in [0.15, 0.2) is 5.82 Å². The van der Waals surface area contributed by atoms with Crippen molar-refractivity contribution in [3.05, 3.63) is 52.4 Å². The Hall–Kier alpha value is -2.28. The smallest absolute Gasteiger partial charge is 0.335 e. The molecule has 0 unspecified atom stereocenters. The zero-order chi connectivity index (χ0) is 14.5. The Labute approximate surface area is 123 Å². The van der Waals surface area contributed by atoms with E-state index in [1.54, 1.807) is 18.2 Å². The number of nitrogens with zero attached hydrogens (tertiary/aromatic N) is 2. The minimum Gasteiger partial charge on any atom is -0.478 e. The van der Waals surface area contributed by atoms with Crippen molar-refractivity contribution in [1.29, 1.82) is 0 Å². The van der Waals surface area contributed by atoms with E-state index in [2.05, 4.69) is 31.2 Å². The summed E-state index contributed by atoms with van der Waals surface area (Å²) in [5.74, 6) is -1.10. The highest BCUT2D eigenvalue weighted by Gasteiger charge is 2.12. The quantitative estimate of drug-likeness (QED) is 0.892. The maximum atomic E-state index is 11.9. The first kappa shape index (κ1) is 14.1. The molecule has 0 aliphatic rings. The van der Waals surface area contributed by atoms with Crippen molar-refractivity contribution in [3.8, 4) is 0 Å². The van der Waals surface area contributed by atoms with E-state index < -0.39 is 5.97 Å². The van der Waals surface area contributed by atoms with E-state index in [-0.39, 0.29) is 17.9 Å². The number of rotatable bonds is 4. The molecule has 2 rings (SSSR count). The van der Waals surface area contributed by atoms with E-state index in [0.29, 0.717) is 16.0 Å². The van der Waals surface area contributed by atoms with Crippen LogP contribution in [0.1, 0.15) is 15.9 Å². The minimum absolute atomic E-state index is 0.0415. The number of amides is 1. The Morgan fingerprint density at radius 2 is 1.95 bits per heavy atom. The number of aromatic carboxylic acids is 1. The molecule has 2 N–H and O–H groups in total. The monoisotopic (exact) mass is 335 g/mol. The zero-order valence-electron chi connectivity index (χ0n) is 10.2. The first-order valence-electron chi connectivity index (χ1n) is 5.65. The maximum Gasteiger partial charge on any atom is 0.335 e. The topological polar surface area (TPSA) is 92.2 Å². The van der Waals surface area contributed by atoms with Crippen molar-refractivity contribution in [2.24, 2.45) is 0 Å². The Bertz CT molecular complexity index is 644. The SMILES string of the molecule is O=C(Cc1ccccc1C(=O)O)Nc1cnc(Br)cn1. The van der Waals surface area contributed by atoms with Gasteiger partial charge in [0.2, 0.25) is 5.91 Å². The lowest BCUT2D eigenvalue weighted by Crippen LogP contribution is -2.17. The van der Waals surface area contributed by atoms with Crippen LogP contribution in [-0.2, 0) is 11.2 Å². The van der Waals surface area contributed by atoms with Gasteiger partial charge in [-0.05, 0) is 27.6 Å². The third kappa shape index (κ3) is 3.61. The molecule has 0 fully saturated rings. The predicted octanol–water partition coefficient (Wildman–Crippen LogP) is 2.12. The van der Waals surface area contributed by atoms with E-state index in [1.165, 1.54) is 18.5 Å². The first-order chi connectivity index (χ1) is 9.56. The minimum atomic E-state index is -1.06. The number of aromatic nitrogens is 2. The van der Waals surface area contributed by atoms with Crippen LogP contribution in [0.15, 0.2) is 41.3 Å². The van der Waals surface area contributed by atoms with Gasteiger partial charge in [-0.3, -0.25) is 4.79 Å². The second-order valence-corrected chi connectivity index (χ2v) is 4.72. The summed E-state index contributed by atoms with van der Waals surface area (Å²) in [7, 11) is 0. The number of benzene rings is 1. The molecular formula is C13H10BrN3O3. The van der Waals surface area contributed by atoms with Gasteiger partial charge in [0.25, 0.3) is 0 Å². The van der Waals surface area contributed by atoms with Crippen LogP contribution in [0.2, 0.25) is 0 Å². The van der Waals surface area contributed by atoms with Gasteiger partial charge in [-0.25, -0.2) is 14.8 Å². The predicted molar refractivity (Wildman–Crippen MR) is 75.5 cm³/mol. The summed E-state index contributed by atoms with van der Waals surface area (Å²) in [4.78, 5) is 30.8. The third-order valence-electron chi connectivity index (χ3n) is 2.49. The molecule has 0 spiro atoms. The van der Waals surface area contributed by atoms with E-state index in [1.807, 2.05) is 0 Å². The van der Waals surface area contributed by atoms with Crippen LogP contribution in [0.3, 0.4) is 0 Å². The molecule has 20 heavy (non-hydrogen) atoms. The normalized spacial score (nSPS) is 10.1. The molecule has 1 aromatic heterocycles. The molecule has 0 radical (unpaired) electrons. The summed E-state index contributed by atoms with van der Waals surface area (Å²) in [5, 5.41) is 11.6. The van der Waals surface area contributed by atoms with Gasteiger partial charge < -0.3 is 10.4 Å². The van der Waals surface area contributed by atoms with Crippen molar-refractivity contribution in [2.45, 2.75) is 6.42 Å². The lowest BCUT2D eigenvalue weighted by Gasteiger charge is -2.06. The molecule has 7 heteroatoms. The van der Waals surface area contributed by atoms with Crippen LogP contribution in [0.4, 0.5) is 5.82 Å². The van der Waals surface area contributed by atoms with E-state index >= 15 is 0 Å². The Morgan fingerprint density at radius 3 is 2.60 bits per heavy atom. The number of carbonyl (C=O) groups excluding carboxylic acids is 1. The van der Waals surface area contributed by atoms with Gasteiger partial charge >= 0.3 is 5.97 Å². The summed E-state index contributed by atoms with van der Waals surface area (Å²) in [6.45, 7) is 0. The third-order valence-corrected chi connectivity index (χ3v) is 2.90. The van der Waals surface area contributed by atoms with E-state index in [9.17, 15) is 9.59 Å². The summed E-state index contributed by atoms with van der Waals surface area (Å²) < 4.78 is 0.562. The highest BCUT2D eigenvalue weighted by Crippen LogP contribution is 2.11. The highest BCUT2D eigenvalue weighted by atomic mass is 79.9. The molecule has 0 bridgehead atoms. The number of hydrogen-bond acceptors (Lipinski definition) is 4. The molecule has 0 saturated heterocycles. The maximum absolute atomic E-state index is 11.9. The fourth-order valence-electron chi connectivity index (χ4n) is 1.62. The Kier molecular flexibility index (Phi) is 4.41. The fourth-order valence-corrected chi connectivity index (χ4v) is 1.82. The van der Waals surface area contributed by atoms with Gasteiger partial charge in [-0.1, -0.05) is 18.2 Å². The zero-order valence-corrected chi connectivity index (χ0v) is 11.8. The lowest BCUT2D eigenvalue weighted by molar-refractivity contribution is -0.115. The molecule has 2 aromatic rings. The van der Waals surface area contributed by atoms with Crippen molar-refractivity contribution in [3.63, 3.8) is 0 Å². The first-order valence-corrected chi connectivity index (χ1v) is 6.44. The van der Waals surface area contributed by atoms with Gasteiger partial charge in [0.05, 0.1) is 24.4 Å². The van der Waals surface area contributed by atoms with Crippen LogP contribution in [0, 0.1) is 0 Å². The number of hydrogen-bond donors (Lipinski definition) is 2. The van der Waals surface area contributed by atoms with Crippen molar-refractivity contribution in [1.82, 2.24) is 9.97 Å². The van der Waals surface area contributed by atoms with Crippen LogP contribution in [0.25, 0.3) is 0 Å². The molecule has 6 nitrogen and oxygen atoms in total. The molecule has 0 atom stereocenters. The molecule has 1 amide bonds. The van der Waals surface area contributed by atoms with Gasteiger partial charge in [-0.2, -0.15) is 0 Å². The van der Waals surface area contributed by atoms with Gasteiger partial charge in [0.1, 0.15) is 4.60 Å². The van der Waals surface area contributed by atoms with E-state index in [0.717, 1.165) is 0 Å². The Morgan fingerprint density at radius 1 is 1.20 bits per heavy atom. The fraction of sp³-hybridized carbons (Fsp3) is 0.0769. The summed E-state index contributed by atoms with van der Waals surface area (Å²) in [6, 6.07) is 6.38. The number of carboxylic acid groups (broad SMARTS) is 1. The molecule has 0 saturated carbocycles. The number of halogens is 1. The molecule has 0 aliphatic heterocycles. The van der Waals surface area contributed by atoms with Crippen LogP contribution in [0.5, 0.6) is 0 Å². The second-order valence-electron chi connectivity index (χ2n) is 3.91. The van der Waals surface area contributed by atoms with Crippen LogP contribution >= 0.6 is 15.9 Å². The average molecular weight is 336 g/mol.